The van der Waals surface area contributed by atoms with E-state index in [4.69, 9.17) is 5.73 Å². The SMILES string of the molecule is CCn1nccc1C(N)c1ccccc1SC. The molecule has 1 unspecified atom stereocenters. The highest BCUT2D eigenvalue weighted by Crippen LogP contribution is 2.28. The van der Waals surface area contributed by atoms with Gasteiger partial charge in [-0.1, -0.05) is 18.2 Å². The van der Waals surface area contributed by atoms with Crippen LogP contribution < -0.4 is 5.73 Å². The maximum Gasteiger partial charge on any atom is 0.0734 e. The molecule has 90 valence electrons. The normalized spacial score (nSPS) is 12.6. The van der Waals surface area contributed by atoms with Gasteiger partial charge in [0, 0.05) is 17.6 Å². The number of hydrogen-bond donors (Lipinski definition) is 1. The number of thioether (sulfide) groups is 1. The topological polar surface area (TPSA) is 43.8 Å². The van der Waals surface area contributed by atoms with Gasteiger partial charge in [0.25, 0.3) is 0 Å². The fraction of sp³-hybridized carbons (Fsp3) is 0.308. The third-order valence-electron chi connectivity index (χ3n) is 2.84. The molecule has 0 aliphatic carbocycles. The average molecular weight is 247 g/mol. The second-order valence-corrected chi connectivity index (χ2v) is 4.64. The van der Waals surface area contributed by atoms with Gasteiger partial charge in [0.1, 0.15) is 0 Å². The van der Waals surface area contributed by atoms with E-state index in [1.165, 1.54) is 4.90 Å². The number of rotatable bonds is 4. The fourth-order valence-corrected chi connectivity index (χ4v) is 2.60. The molecule has 2 aromatic rings. The average Bonchev–Trinajstić information content (AvgIpc) is 2.86. The maximum absolute atomic E-state index is 6.34. The van der Waals surface area contributed by atoms with Crippen LogP contribution in [-0.4, -0.2) is 16.0 Å². The minimum atomic E-state index is -0.110. The first-order valence-electron chi connectivity index (χ1n) is 5.68. The van der Waals surface area contributed by atoms with Crippen molar-refractivity contribution in [2.24, 2.45) is 5.73 Å². The summed E-state index contributed by atoms with van der Waals surface area (Å²) in [6, 6.07) is 10.1. The van der Waals surface area contributed by atoms with Crippen LogP contribution in [0.2, 0.25) is 0 Å². The molecule has 1 heterocycles. The lowest BCUT2D eigenvalue weighted by molar-refractivity contribution is 0.598. The van der Waals surface area contributed by atoms with E-state index in [9.17, 15) is 0 Å². The van der Waals surface area contributed by atoms with E-state index in [1.54, 1.807) is 18.0 Å². The molecule has 3 nitrogen and oxygen atoms in total. The van der Waals surface area contributed by atoms with Gasteiger partial charge in [0.05, 0.1) is 11.7 Å². The second-order valence-electron chi connectivity index (χ2n) is 3.79. The van der Waals surface area contributed by atoms with Crippen molar-refractivity contribution >= 4 is 11.8 Å². The number of hydrogen-bond acceptors (Lipinski definition) is 3. The van der Waals surface area contributed by atoms with Crippen molar-refractivity contribution in [1.29, 1.82) is 0 Å². The van der Waals surface area contributed by atoms with E-state index < -0.39 is 0 Å². The third-order valence-corrected chi connectivity index (χ3v) is 3.65. The number of aryl methyl sites for hydroxylation is 1. The smallest absolute Gasteiger partial charge is 0.0734 e. The van der Waals surface area contributed by atoms with E-state index in [0.29, 0.717) is 0 Å². The van der Waals surface area contributed by atoms with Crippen LogP contribution in [0, 0.1) is 0 Å². The van der Waals surface area contributed by atoms with Crippen LogP contribution >= 0.6 is 11.8 Å². The second kappa shape index (κ2) is 5.38. The molecule has 0 spiro atoms. The molecule has 17 heavy (non-hydrogen) atoms. The van der Waals surface area contributed by atoms with Crippen molar-refractivity contribution in [3.8, 4) is 0 Å². The van der Waals surface area contributed by atoms with E-state index in [2.05, 4.69) is 30.4 Å². The number of nitrogens with two attached hydrogens (primary N) is 1. The zero-order valence-electron chi connectivity index (χ0n) is 10.1. The Morgan fingerprint density at radius 3 is 2.82 bits per heavy atom. The standard InChI is InChI=1S/C13H17N3S/c1-3-16-11(8-9-15-16)13(14)10-6-4-5-7-12(10)17-2/h4-9,13H,3,14H2,1-2H3. The van der Waals surface area contributed by atoms with Gasteiger partial charge in [-0.25, -0.2) is 0 Å². The molecule has 2 rings (SSSR count). The molecule has 0 bridgehead atoms. The Bertz CT molecular complexity index is 493. The van der Waals surface area contributed by atoms with E-state index in [0.717, 1.165) is 17.8 Å². The molecule has 0 aliphatic rings. The Morgan fingerprint density at radius 2 is 2.12 bits per heavy atom. The van der Waals surface area contributed by atoms with Crippen molar-refractivity contribution in [2.45, 2.75) is 24.4 Å². The van der Waals surface area contributed by atoms with E-state index in [-0.39, 0.29) is 6.04 Å². The first-order valence-corrected chi connectivity index (χ1v) is 6.90. The van der Waals surface area contributed by atoms with Crippen LogP contribution in [0.3, 0.4) is 0 Å². The minimum absolute atomic E-state index is 0.110. The molecule has 0 saturated carbocycles. The minimum Gasteiger partial charge on any atom is -0.319 e. The first kappa shape index (κ1) is 12.2. The van der Waals surface area contributed by atoms with Gasteiger partial charge < -0.3 is 5.73 Å². The van der Waals surface area contributed by atoms with Crippen LogP contribution in [-0.2, 0) is 6.54 Å². The molecule has 2 N–H and O–H groups in total. The van der Waals surface area contributed by atoms with Crippen molar-refractivity contribution in [3.63, 3.8) is 0 Å². The van der Waals surface area contributed by atoms with Crippen molar-refractivity contribution in [2.75, 3.05) is 6.26 Å². The van der Waals surface area contributed by atoms with Crippen molar-refractivity contribution in [1.82, 2.24) is 9.78 Å². The number of benzene rings is 1. The molecule has 1 atom stereocenters. The van der Waals surface area contributed by atoms with E-state index in [1.807, 2.05) is 22.9 Å². The summed E-state index contributed by atoms with van der Waals surface area (Å²) < 4.78 is 1.95. The predicted octanol–water partition coefficient (Wildman–Crippen LogP) is 2.67. The van der Waals surface area contributed by atoms with Crippen LogP contribution in [0.1, 0.15) is 24.2 Å². The van der Waals surface area contributed by atoms with Crippen molar-refractivity contribution in [3.05, 3.63) is 47.8 Å². The molecule has 0 fully saturated rings. The van der Waals surface area contributed by atoms with Gasteiger partial charge in [-0.15, -0.1) is 11.8 Å². The third kappa shape index (κ3) is 2.37. The summed E-state index contributed by atoms with van der Waals surface area (Å²) in [7, 11) is 0. The Balaban J connectivity index is 2.40. The van der Waals surface area contributed by atoms with E-state index >= 15 is 0 Å². The lowest BCUT2D eigenvalue weighted by Crippen LogP contribution is -2.17. The Labute approximate surface area is 106 Å². The largest absolute Gasteiger partial charge is 0.319 e. The zero-order valence-corrected chi connectivity index (χ0v) is 10.9. The highest BCUT2D eigenvalue weighted by atomic mass is 32.2. The monoisotopic (exact) mass is 247 g/mol. The highest BCUT2D eigenvalue weighted by molar-refractivity contribution is 7.98. The van der Waals surface area contributed by atoms with Gasteiger partial charge in [0.15, 0.2) is 0 Å². The summed E-state index contributed by atoms with van der Waals surface area (Å²) in [5, 5.41) is 4.27. The van der Waals surface area contributed by atoms with Gasteiger partial charge in [0.2, 0.25) is 0 Å². The van der Waals surface area contributed by atoms with Gasteiger partial charge in [-0.3, -0.25) is 4.68 Å². The molecule has 0 amide bonds. The maximum atomic E-state index is 6.34. The highest BCUT2D eigenvalue weighted by Gasteiger charge is 2.15. The molecule has 1 aromatic carbocycles. The van der Waals surface area contributed by atoms with Crippen LogP contribution in [0.4, 0.5) is 0 Å². The van der Waals surface area contributed by atoms with Crippen LogP contribution in [0.5, 0.6) is 0 Å². The molecule has 0 aliphatic heterocycles. The predicted molar refractivity (Wildman–Crippen MR) is 72.2 cm³/mol. The Morgan fingerprint density at radius 1 is 1.35 bits per heavy atom. The summed E-state index contributed by atoms with van der Waals surface area (Å²) in [5.41, 5.74) is 8.57. The number of nitrogens with zero attached hydrogens (tertiary/aromatic N) is 2. The van der Waals surface area contributed by atoms with Gasteiger partial charge in [-0.2, -0.15) is 5.10 Å². The summed E-state index contributed by atoms with van der Waals surface area (Å²) in [6.45, 7) is 2.92. The summed E-state index contributed by atoms with van der Waals surface area (Å²) in [6.07, 6.45) is 3.88. The molecular formula is C13H17N3S. The van der Waals surface area contributed by atoms with Crippen LogP contribution in [0.25, 0.3) is 0 Å². The molecule has 1 aromatic heterocycles. The fourth-order valence-electron chi connectivity index (χ4n) is 1.95. The van der Waals surface area contributed by atoms with Crippen molar-refractivity contribution < 1.29 is 0 Å². The lowest BCUT2D eigenvalue weighted by Gasteiger charge is -2.16. The van der Waals surface area contributed by atoms with Gasteiger partial charge >= 0.3 is 0 Å². The summed E-state index contributed by atoms with van der Waals surface area (Å²) in [4.78, 5) is 1.23. The van der Waals surface area contributed by atoms with Crippen LogP contribution in [0.15, 0.2) is 41.4 Å². The zero-order chi connectivity index (χ0) is 12.3. The molecular weight excluding hydrogens is 230 g/mol. The number of aromatic nitrogens is 2. The quantitative estimate of drug-likeness (QED) is 0.845. The van der Waals surface area contributed by atoms with Gasteiger partial charge in [-0.05, 0) is 30.9 Å². The molecule has 0 saturated heterocycles. The first-order chi connectivity index (χ1) is 8.27. The summed E-state index contributed by atoms with van der Waals surface area (Å²) in [5.74, 6) is 0. The Kier molecular flexibility index (Phi) is 3.86. The lowest BCUT2D eigenvalue weighted by atomic mass is 10.0. The summed E-state index contributed by atoms with van der Waals surface area (Å²) >= 11 is 1.72. The molecule has 0 radical (unpaired) electrons. The molecule has 4 heteroatoms. The Hall–Kier alpha value is -1.26.